The minimum atomic E-state index is -0.568. The van der Waals surface area contributed by atoms with Gasteiger partial charge in [-0.25, -0.2) is 0 Å². The van der Waals surface area contributed by atoms with E-state index in [2.05, 4.69) is 31.4 Å². The molecule has 2 aromatic carbocycles. The Hall–Kier alpha value is -2.96. The lowest BCUT2D eigenvalue weighted by Gasteiger charge is -2.56. The van der Waals surface area contributed by atoms with Gasteiger partial charge >= 0.3 is 5.97 Å². The minimum absolute atomic E-state index is 0.00208. The van der Waals surface area contributed by atoms with Gasteiger partial charge in [0.25, 0.3) is 5.91 Å². The zero-order valence-electron chi connectivity index (χ0n) is 22.3. The highest BCUT2D eigenvalue weighted by molar-refractivity contribution is 5.94. The second-order valence-corrected chi connectivity index (χ2v) is 11.1. The molecule has 1 heterocycles. The summed E-state index contributed by atoms with van der Waals surface area (Å²) in [6.45, 7) is 12.6. The second-order valence-electron chi connectivity index (χ2n) is 11.1. The molecule has 2 aromatic rings. The average molecular weight is 505 g/mol. The van der Waals surface area contributed by atoms with E-state index in [4.69, 9.17) is 4.74 Å². The first-order valence-electron chi connectivity index (χ1n) is 13.4. The number of aliphatic hydroxyl groups excluding tert-OH is 1. The number of fused-ring (bicyclic) bond motifs is 1. The Balaban J connectivity index is 1.74. The zero-order valence-corrected chi connectivity index (χ0v) is 22.3. The van der Waals surface area contributed by atoms with Crippen LogP contribution in [0.25, 0.3) is 0 Å². The number of ether oxygens (including phenoxy) is 1. The van der Waals surface area contributed by atoms with Crippen molar-refractivity contribution < 1.29 is 19.4 Å². The smallest absolute Gasteiger partial charge is 0.308 e. The number of likely N-dealkylation sites (tertiary alicyclic amines) is 1. The first-order valence-corrected chi connectivity index (χ1v) is 13.4. The summed E-state index contributed by atoms with van der Waals surface area (Å²) in [7, 11) is 0. The van der Waals surface area contributed by atoms with Crippen molar-refractivity contribution in [2.24, 2.45) is 11.8 Å². The molecule has 37 heavy (non-hydrogen) atoms. The van der Waals surface area contributed by atoms with Crippen LogP contribution in [-0.2, 0) is 10.2 Å². The summed E-state index contributed by atoms with van der Waals surface area (Å²) in [6, 6.07) is 17.1. The molecule has 6 heteroatoms. The lowest BCUT2D eigenvalue weighted by molar-refractivity contribution is -0.131. The lowest BCUT2D eigenvalue weighted by Crippen LogP contribution is -2.61. The lowest BCUT2D eigenvalue weighted by atomic mass is 9.56. The van der Waals surface area contributed by atoms with Crippen molar-refractivity contribution in [3.8, 4) is 5.75 Å². The van der Waals surface area contributed by atoms with E-state index in [9.17, 15) is 14.7 Å². The van der Waals surface area contributed by atoms with Crippen molar-refractivity contribution in [2.75, 3.05) is 26.2 Å². The van der Waals surface area contributed by atoms with Gasteiger partial charge in [-0.2, -0.15) is 0 Å². The molecule has 1 aliphatic carbocycles. The number of benzene rings is 2. The molecule has 1 N–H and O–H groups in total. The summed E-state index contributed by atoms with van der Waals surface area (Å²) in [6.07, 6.45) is 3.49. The van der Waals surface area contributed by atoms with E-state index in [0.717, 1.165) is 38.0 Å². The number of carbonyl (C=O) groups is 2. The zero-order chi connectivity index (χ0) is 26.6. The Bertz CT molecular complexity index is 1100. The summed E-state index contributed by atoms with van der Waals surface area (Å²) in [5.74, 6) is 0.462. The van der Waals surface area contributed by atoms with Gasteiger partial charge < -0.3 is 14.7 Å². The maximum atomic E-state index is 13.8. The first-order chi connectivity index (χ1) is 17.7. The van der Waals surface area contributed by atoms with Gasteiger partial charge in [-0.1, -0.05) is 50.3 Å². The van der Waals surface area contributed by atoms with Crippen molar-refractivity contribution in [1.82, 2.24) is 9.80 Å². The largest absolute Gasteiger partial charge is 0.427 e. The molecular weight excluding hydrogens is 464 g/mol. The molecule has 6 nitrogen and oxygen atoms in total. The van der Waals surface area contributed by atoms with Gasteiger partial charge in [0.2, 0.25) is 0 Å². The van der Waals surface area contributed by atoms with E-state index in [1.165, 1.54) is 6.92 Å². The van der Waals surface area contributed by atoms with Crippen LogP contribution in [0.1, 0.15) is 56.0 Å². The molecular formula is C31H40N2O4. The van der Waals surface area contributed by atoms with Crippen molar-refractivity contribution in [1.29, 1.82) is 0 Å². The fraction of sp³-hybridized carbons (Fsp3) is 0.484. The Morgan fingerprint density at radius 2 is 1.97 bits per heavy atom. The highest BCUT2D eigenvalue weighted by atomic mass is 16.5. The predicted molar refractivity (Wildman–Crippen MR) is 146 cm³/mol. The molecule has 1 saturated carbocycles. The Morgan fingerprint density at radius 1 is 1.22 bits per heavy atom. The molecule has 2 aliphatic rings. The quantitative estimate of drug-likeness (QED) is 0.321. The van der Waals surface area contributed by atoms with Gasteiger partial charge in [0.1, 0.15) is 5.75 Å². The normalized spacial score (nSPS) is 25.8. The molecule has 2 fully saturated rings. The third kappa shape index (κ3) is 5.97. The minimum Gasteiger partial charge on any atom is -0.427 e. The van der Waals surface area contributed by atoms with E-state index in [1.807, 2.05) is 53.4 Å². The predicted octanol–water partition coefficient (Wildman–Crippen LogP) is 4.68. The van der Waals surface area contributed by atoms with Crippen LogP contribution in [0.5, 0.6) is 5.75 Å². The van der Waals surface area contributed by atoms with Crippen molar-refractivity contribution in [3.05, 3.63) is 78.4 Å². The number of hydrogen-bond donors (Lipinski definition) is 1. The van der Waals surface area contributed by atoms with E-state index in [0.29, 0.717) is 30.2 Å². The Kier molecular flexibility index (Phi) is 8.50. The molecule has 0 bridgehead atoms. The summed E-state index contributed by atoms with van der Waals surface area (Å²) < 4.78 is 5.44. The number of rotatable bonds is 8. The van der Waals surface area contributed by atoms with E-state index in [-0.39, 0.29) is 29.3 Å². The van der Waals surface area contributed by atoms with Gasteiger partial charge in [0.05, 0.1) is 6.10 Å². The molecule has 198 valence electrons. The topological polar surface area (TPSA) is 70.1 Å². The molecule has 1 amide bonds. The van der Waals surface area contributed by atoms with Crippen LogP contribution in [0.4, 0.5) is 0 Å². The monoisotopic (exact) mass is 504 g/mol. The molecule has 4 unspecified atom stereocenters. The number of hydrogen-bond acceptors (Lipinski definition) is 5. The van der Waals surface area contributed by atoms with Gasteiger partial charge in [-0.05, 0) is 61.6 Å². The molecule has 4 rings (SSSR count). The summed E-state index contributed by atoms with van der Waals surface area (Å²) >= 11 is 0. The van der Waals surface area contributed by atoms with Crippen molar-refractivity contribution in [2.45, 2.75) is 57.6 Å². The third-order valence-electron chi connectivity index (χ3n) is 7.96. The second kappa shape index (κ2) is 11.6. The summed E-state index contributed by atoms with van der Waals surface area (Å²) in [4.78, 5) is 29.8. The highest BCUT2D eigenvalue weighted by Crippen LogP contribution is 2.51. The van der Waals surface area contributed by atoms with Gasteiger partial charge in [-0.3, -0.25) is 14.5 Å². The van der Waals surface area contributed by atoms with Crippen LogP contribution < -0.4 is 4.74 Å². The maximum absolute atomic E-state index is 13.8. The van der Waals surface area contributed by atoms with Crippen LogP contribution in [0.15, 0.2) is 67.3 Å². The van der Waals surface area contributed by atoms with Gasteiger partial charge in [0.15, 0.2) is 0 Å². The Morgan fingerprint density at radius 3 is 2.65 bits per heavy atom. The number of aliphatic hydroxyl groups is 1. The van der Waals surface area contributed by atoms with E-state index in [1.54, 1.807) is 6.07 Å². The van der Waals surface area contributed by atoms with Crippen molar-refractivity contribution >= 4 is 11.9 Å². The average Bonchev–Trinajstić information content (AvgIpc) is 2.87. The van der Waals surface area contributed by atoms with E-state index < -0.39 is 6.10 Å². The number of amides is 1. The van der Waals surface area contributed by atoms with Gasteiger partial charge in [0, 0.05) is 49.5 Å². The van der Waals surface area contributed by atoms with Crippen LogP contribution in [0.2, 0.25) is 0 Å². The fourth-order valence-electron chi connectivity index (χ4n) is 6.41. The number of carbonyl (C=O) groups excluding carboxylic acids is 2. The van der Waals surface area contributed by atoms with E-state index >= 15 is 0 Å². The Labute approximate surface area is 220 Å². The summed E-state index contributed by atoms with van der Waals surface area (Å²) in [5.41, 5.74) is 1.39. The van der Waals surface area contributed by atoms with Crippen LogP contribution in [0.3, 0.4) is 0 Å². The first kappa shape index (κ1) is 27.1. The molecule has 0 spiro atoms. The standard InChI is InChI=1S/C31H40N2O4/c1-5-15-32-16-14-31(25-12-9-13-27(17-25)37-23(4)34)19-26(18-29(35)28(31)21-32)33(20-22(2)3)30(36)24-10-7-6-8-11-24/h5-13,17,22,26,28-29,35H,1,14-16,18-21H2,2-4H3. The fourth-order valence-corrected chi connectivity index (χ4v) is 6.41. The number of piperidine rings is 1. The maximum Gasteiger partial charge on any atom is 0.308 e. The SMILES string of the molecule is C=CCN1CCC2(c3cccc(OC(C)=O)c3)CC(N(CC(C)C)C(=O)c3ccccc3)CC(O)C2C1. The van der Waals surface area contributed by atoms with Gasteiger partial charge in [-0.15, -0.1) is 6.58 Å². The summed E-state index contributed by atoms with van der Waals surface area (Å²) in [5, 5.41) is 11.7. The molecule has 4 atom stereocenters. The van der Waals surface area contributed by atoms with Crippen LogP contribution in [-0.4, -0.2) is 65.1 Å². The van der Waals surface area contributed by atoms with Crippen LogP contribution in [0, 0.1) is 11.8 Å². The highest BCUT2D eigenvalue weighted by Gasteiger charge is 2.53. The number of esters is 1. The molecule has 0 radical (unpaired) electrons. The number of nitrogens with zero attached hydrogens (tertiary/aromatic N) is 2. The molecule has 0 aromatic heterocycles. The molecule has 1 saturated heterocycles. The van der Waals surface area contributed by atoms with Crippen LogP contribution >= 0.6 is 0 Å². The third-order valence-corrected chi connectivity index (χ3v) is 7.96. The van der Waals surface area contributed by atoms with Crippen molar-refractivity contribution in [3.63, 3.8) is 0 Å². The molecule has 1 aliphatic heterocycles.